The number of halogens is 1. The third-order valence-electron chi connectivity index (χ3n) is 2.93. The van der Waals surface area contributed by atoms with Gasteiger partial charge in [0.2, 0.25) is 0 Å². The van der Waals surface area contributed by atoms with Crippen molar-refractivity contribution in [2.75, 3.05) is 6.61 Å². The Morgan fingerprint density at radius 2 is 2.44 bits per heavy atom. The normalized spacial score (nSPS) is 20.7. The highest BCUT2D eigenvalue weighted by Crippen LogP contribution is 2.22. The molecule has 16 heavy (non-hydrogen) atoms. The molecule has 3 rings (SSSR count). The van der Waals surface area contributed by atoms with E-state index in [2.05, 4.69) is 14.5 Å². The van der Waals surface area contributed by atoms with Crippen LogP contribution in [0.15, 0.2) is 18.6 Å². The van der Waals surface area contributed by atoms with Crippen LogP contribution < -0.4 is 0 Å². The Labute approximate surface area is 98.2 Å². The number of ether oxygens (including phenoxy) is 1. The van der Waals surface area contributed by atoms with Gasteiger partial charge in [0.15, 0.2) is 5.15 Å². The molecule has 1 fully saturated rings. The predicted octanol–water partition coefficient (Wildman–Crippen LogP) is 2.26. The van der Waals surface area contributed by atoms with Gasteiger partial charge in [0.05, 0.1) is 11.6 Å². The van der Waals surface area contributed by atoms with Gasteiger partial charge in [-0.3, -0.25) is 0 Å². The van der Waals surface area contributed by atoms with Gasteiger partial charge in [-0.05, 0) is 18.9 Å². The summed E-state index contributed by atoms with van der Waals surface area (Å²) >= 11 is 6.08. The molecular formula is C11H12ClN3O. The van der Waals surface area contributed by atoms with Crippen molar-refractivity contribution in [1.29, 1.82) is 0 Å². The van der Waals surface area contributed by atoms with Crippen molar-refractivity contribution < 1.29 is 4.74 Å². The van der Waals surface area contributed by atoms with Crippen LogP contribution in [-0.4, -0.2) is 27.2 Å². The maximum atomic E-state index is 6.08. The highest BCUT2D eigenvalue weighted by molar-refractivity contribution is 6.33. The van der Waals surface area contributed by atoms with Gasteiger partial charge in [0.1, 0.15) is 11.8 Å². The first-order chi connectivity index (χ1) is 7.84. The summed E-state index contributed by atoms with van der Waals surface area (Å²) in [5.74, 6) is 0. The average Bonchev–Trinajstić information content (AvgIpc) is 2.90. The summed E-state index contributed by atoms with van der Waals surface area (Å²) in [5, 5.41) is 0.507. The van der Waals surface area contributed by atoms with E-state index in [-0.39, 0.29) is 0 Å². The lowest BCUT2D eigenvalue weighted by Crippen LogP contribution is -2.14. The standard InChI is InChI=1S/C11H12ClN3O/c12-11-10-9(13-7-14-11)3-4-15(10)6-8-2-1-5-16-8/h3-4,7-8H,1-2,5-6H2. The third-order valence-corrected chi connectivity index (χ3v) is 3.21. The van der Waals surface area contributed by atoms with Gasteiger partial charge in [0.25, 0.3) is 0 Å². The molecule has 84 valence electrons. The number of hydrogen-bond acceptors (Lipinski definition) is 3. The maximum Gasteiger partial charge on any atom is 0.156 e. The van der Waals surface area contributed by atoms with Crippen LogP contribution in [0.2, 0.25) is 5.15 Å². The van der Waals surface area contributed by atoms with Gasteiger partial charge in [-0.2, -0.15) is 0 Å². The molecule has 5 heteroatoms. The minimum absolute atomic E-state index is 0.298. The second-order valence-electron chi connectivity index (χ2n) is 4.00. The molecule has 0 saturated carbocycles. The molecule has 1 unspecified atom stereocenters. The minimum Gasteiger partial charge on any atom is -0.376 e. The van der Waals surface area contributed by atoms with Gasteiger partial charge in [-0.25, -0.2) is 9.97 Å². The van der Waals surface area contributed by atoms with Gasteiger partial charge in [-0.15, -0.1) is 0 Å². The largest absolute Gasteiger partial charge is 0.376 e. The fourth-order valence-corrected chi connectivity index (χ4v) is 2.40. The van der Waals surface area contributed by atoms with Crippen LogP contribution in [0.5, 0.6) is 0 Å². The molecular weight excluding hydrogens is 226 g/mol. The van der Waals surface area contributed by atoms with E-state index in [1.54, 1.807) is 0 Å². The van der Waals surface area contributed by atoms with Gasteiger partial charge in [0, 0.05) is 19.3 Å². The molecule has 0 radical (unpaired) electrons. The second-order valence-corrected chi connectivity index (χ2v) is 4.36. The lowest BCUT2D eigenvalue weighted by Gasteiger charge is -2.11. The molecule has 0 amide bonds. The van der Waals surface area contributed by atoms with E-state index in [0.717, 1.165) is 37.0 Å². The summed E-state index contributed by atoms with van der Waals surface area (Å²) in [7, 11) is 0. The first kappa shape index (κ1) is 10.1. The molecule has 4 nitrogen and oxygen atoms in total. The van der Waals surface area contributed by atoms with E-state index in [1.807, 2.05) is 12.3 Å². The summed E-state index contributed by atoms with van der Waals surface area (Å²) in [6, 6.07) is 1.96. The first-order valence-electron chi connectivity index (χ1n) is 5.41. The third kappa shape index (κ3) is 1.68. The second kappa shape index (κ2) is 4.03. The summed E-state index contributed by atoms with van der Waals surface area (Å²) in [5.41, 5.74) is 1.79. The van der Waals surface area contributed by atoms with Gasteiger partial charge < -0.3 is 9.30 Å². The molecule has 1 aliphatic heterocycles. The van der Waals surface area contributed by atoms with Crippen molar-refractivity contribution in [2.45, 2.75) is 25.5 Å². The fourth-order valence-electron chi connectivity index (χ4n) is 2.15. The number of rotatable bonds is 2. The summed E-state index contributed by atoms with van der Waals surface area (Å²) in [6.45, 7) is 1.70. The Balaban J connectivity index is 1.97. The zero-order chi connectivity index (χ0) is 11.0. The van der Waals surface area contributed by atoms with Crippen LogP contribution in [0, 0.1) is 0 Å². The molecule has 3 heterocycles. The lowest BCUT2D eigenvalue weighted by molar-refractivity contribution is 0.0980. The van der Waals surface area contributed by atoms with Gasteiger partial charge >= 0.3 is 0 Å². The molecule has 1 atom stereocenters. The Bertz CT molecular complexity index is 505. The molecule has 0 aromatic carbocycles. The van der Waals surface area contributed by atoms with Crippen LogP contribution in [0.4, 0.5) is 0 Å². The molecule has 0 spiro atoms. The molecule has 2 aromatic rings. The molecule has 0 aliphatic carbocycles. The van der Waals surface area contributed by atoms with E-state index in [1.165, 1.54) is 6.33 Å². The quantitative estimate of drug-likeness (QED) is 0.753. The van der Waals surface area contributed by atoms with Crippen molar-refractivity contribution in [3.05, 3.63) is 23.7 Å². The van der Waals surface area contributed by atoms with Crippen LogP contribution in [-0.2, 0) is 11.3 Å². The summed E-state index contributed by atoms with van der Waals surface area (Å²) in [4.78, 5) is 8.19. The van der Waals surface area contributed by atoms with Crippen molar-refractivity contribution in [2.24, 2.45) is 0 Å². The molecule has 2 aromatic heterocycles. The molecule has 1 aliphatic rings. The highest BCUT2D eigenvalue weighted by Gasteiger charge is 2.17. The number of aromatic nitrogens is 3. The Morgan fingerprint density at radius 1 is 1.50 bits per heavy atom. The van der Waals surface area contributed by atoms with Gasteiger partial charge in [-0.1, -0.05) is 11.6 Å². The minimum atomic E-state index is 0.298. The maximum absolute atomic E-state index is 6.08. The Hall–Kier alpha value is -1.13. The molecule has 1 saturated heterocycles. The Morgan fingerprint density at radius 3 is 3.25 bits per heavy atom. The van der Waals surface area contributed by atoms with Crippen LogP contribution in [0.3, 0.4) is 0 Å². The predicted molar refractivity (Wildman–Crippen MR) is 61.5 cm³/mol. The number of hydrogen-bond donors (Lipinski definition) is 0. The van der Waals surface area contributed by atoms with Crippen LogP contribution in [0.25, 0.3) is 11.0 Å². The highest BCUT2D eigenvalue weighted by atomic mass is 35.5. The van der Waals surface area contributed by atoms with Crippen molar-refractivity contribution >= 4 is 22.6 Å². The lowest BCUT2D eigenvalue weighted by atomic mass is 10.2. The fraction of sp³-hybridized carbons (Fsp3) is 0.455. The monoisotopic (exact) mass is 237 g/mol. The summed E-state index contributed by atoms with van der Waals surface area (Å²) < 4.78 is 7.69. The van der Waals surface area contributed by atoms with Crippen LogP contribution >= 0.6 is 11.6 Å². The zero-order valence-electron chi connectivity index (χ0n) is 8.77. The van der Waals surface area contributed by atoms with E-state index in [9.17, 15) is 0 Å². The Kier molecular flexibility index (Phi) is 2.53. The smallest absolute Gasteiger partial charge is 0.156 e. The van der Waals surface area contributed by atoms with E-state index >= 15 is 0 Å². The van der Waals surface area contributed by atoms with E-state index in [0.29, 0.717) is 11.3 Å². The number of nitrogens with zero attached hydrogens (tertiary/aromatic N) is 3. The summed E-state index contributed by atoms with van der Waals surface area (Å²) in [6.07, 6.45) is 6.04. The van der Waals surface area contributed by atoms with Crippen molar-refractivity contribution in [1.82, 2.24) is 14.5 Å². The first-order valence-corrected chi connectivity index (χ1v) is 5.79. The SMILES string of the molecule is Clc1ncnc2ccn(CC3CCCO3)c12. The van der Waals surface area contributed by atoms with Crippen LogP contribution in [0.1, 0.15) is 12.8 Å². The average molecular weight is 238 g/mol. The topological polar surface area (TPSA) is 39.9 Å². The zero-order valence-corrected chi connectivity index (χ0v) is 9.52. The van der Waals surface area contributed by atoms with E-state index < -0.39 is 0 Å². The van der Waals surface area contributed by atoms with Crippen molar-refractivity contribution in [3.63, 3.8) is 0 Å². The molecule has 0 N–H and O–H groups in total. The van der Waals surface area contributed by atoms with Crippen molar-refractivity contribution in [3.8, 4) is 0 Å². The number of fused-ring (bicyclic) bond motifs is 1. The van der Waals surface area contributed by atoms with E-state index in [4.69, 9.17) is 16.3 Å². The molecule has 0 bridgehead atoms.